The van der Waals surface area contributed by atoms with E-state index >= 15 is 0 Å². The van der Waals surface area contributed by atoms with Crippen molar-refractivity contribution >= 4 is 52.3 Å². The van der Waals surface area contributed by atoms with E-state index < -0.39 is 34.7 Å². The molecule has 1 N–H and O–H groups in total. The summed E-state index contributed by atoms with van der Waals surface area (Å²) in [6.07, 6.45) is -0.883. The normalized spacial score (nSPS) is 16.8. The highest BCUT2D eigenvalue weighted by Gasteiger charge is 2.41. The van der Waals surface area contributed by atoms with Gasteiger partial charge in [-0.3, -0.25) is 14.5 Å². The average Bonchev–Trinajstić information content (AvgIpc) is 2.61. The van der Waals surface area contributed by atoms with E-state index in [0.29, 0.717) is 15.7 Å². The maximum atomic E-state index is 12.7. The molecule has 2 amide bonds. The van der Waals surface area contributed by atoms with Crippen molar-refractivity contribution in [3.63, 3.8) is 0 Å². The molecule has 11 heteroatoms. The van der Waals surface area contributed by atoms with Gasteiger partial charge in [-0.05, 0) is 48.0 Å². The van der Waals surface area contributed by atoms with E-state index in [1.165, 1.54) is 38.1 Å². The fourth-order valence-corrected chi connectivity index (χ4v) is 3.22. The Kier molecular flexibility index (Phi) is 5.39. The zero-order chi connectivity index (χ0) is 20.6. The van der Waals surface area contributed by atoms with E-state index in [1.807, 2.05) is 0 Å². The second kappa shape index (κ2) is 7.61. The molecule has 1 aromatic carbocycles. The van der Waals surface area contributed by atoms with Crippen LogP contribution in [0.4, 0.5) is 17.3 Å². The van der Waals surface area contributed by atoms with Crippen LogP contribution in [0.2, 0.25) is 10.0 Å². The number of rotatable bonds is 4. The lowest BCUT2D eigenvalue weighted by molar-refractivity contribution is -0.389. The van der Waals surface area contributed by atoms with Crippen LogP contribution in [0.1, 0.15) is 13.8 Å². The van der Waals surface area contributed by atoms with Crippen LogP contribution < -0.4 is 15.0 Å². The number of pyridine rings is 1. The van der Waals surface area contributed by atoms with E-state index in [2.05, 4.69) is 10.3 Å². The molecule has 2 atom stereocenters. The number of nitro groups is 1. The first-order valence-electron chi connectivity index (χ1n) is 8.09. The predicted molar refractivity (Wildman–Crippen MR) is 103 cm³/mol. The molecule has 2 aromatic rings. The first kappa shape index (κ1) is 19.8. The number of carbonyl (C=O) groups excluding carboxylic acids is 2. The summed E-state index contributed by atoms with van der Waals surface area (Å²) >= 11 is 11.9. The molecule has 0 fully saturated rings. The Bertz CT molecular complexity index is 964. The van der Waals surface area contributed by atoms with Gasteiger partial charge in [-0.25, -0.2) is 0 Å². The van der Waals surface area contributed by atoms with Gasteiger partial charge in [-0.15, -0.1) is 0 Å². The summed E-state index contributed by atoms with van der Waals surface area (Å²) < 4.78 is 5.45. The second-order valence-electron chi connectivity index (χ2n) is 6.04. The third-order valence-electron chi connectivity index (χ3n) is 4.03. The molecular formula is C17H14Cl2N4O5. The zero-order valence-electron chi connectivity index (χ0n) is 14.7. The Hall–Kier alpha value is -2.91. The number of ether oxygens (including phenoxy) is 1. The predicted octanol–water partition coefficient (Wildman–Crippen LogP) is 3.44. The summed E-state index contributed by atoms with van der Waals surface area (Å²) in [6, 6.07) is 5.98. The minimum atomic E-state index is -1.04. The van der Waals surface area contributed by atoms with Crippen LogP contribution in [0.5, 0.6) is 5.75 Å². The molecule has 2 heterocycles. The van der Waals surface area contributed by atoms with E-state index in [0.717, 1.165) is 11.0 Å². The van der Waals surface area contributed by atoms with Crippen LogP contribution in [-0.4, -0.2) is 33.9 Å². The molecule has 0 aliphatic carbocycles. The van der Waals surface area contributed by atoms with Gasteiger partial charge >= 0.3 is 5.82 Å². The molecule has 0 saturated carbocycles. The highest BCUT2D eigenvalue weighted by atomic mass is 35.5. The number of benzene rings is 1. The molecule has 9 nitrogen and oxygen atoms in total. The lowest BCUT2D eigenvalue weighted by Crippen LogP contribution is -2.53. The van der Waals surface area contributed by atoms with Crippen molar-refractivity contribution in [3.05, 3.63) is 50.5 Å². The molecule has 3 rings (SSSR count). The maximum Gasteiger partial charge on any atom is 0.366 e. The number of anilines is 2. The fourth-order valence-electron chi connectivity index (χ4n) is 2.70. The van der Waals surface area contributed by atoms with Crippen molar-refractivity contribution in [3.8, 4) is 5.75 Å². The molecule has 0 saturated heterocycles. The number of amides is 2. The highest BCUT2D eigenvalue weighted by molar-refractivity contribution is 6.35. The highest BCUT2D eigenvalue weighted by Crippen LogP contribution is 2.35. The summed E-state index contributed by atoms with van der Waals surface area (Å²) in [6.45, 7) is 2.99. The van der Waals surface area contributed by atoms with Crippen molar-refractivity contribution in [2.75, 3.05) is 10.2 Å². The van der Waals surface area contributed by atoms with Crippen molar-refractivity contribution in [2.24, 2.45) is 0 Å². The van der Waals surface area contributed by atoms with Crippen LogP contribution in [-0.2, 0) is 9.59 Å². The Morgan fingerprint density at radius 2 is 1.96 bits per heavy atom. The van der Waals surface area contributed by atoms with Crippen LogP contribution in [0, 0.1) is 10.1 Å². The fraction of sp³-hybridized carbons (Fsp3) is 0.235. The van der Waals surface area contributed by atoms with E-state index in [-0.39, 0.29) is 11.6 Å². The monoisotopic (exact) mass is 424 g/mol. The third kappa shape index (κ3) is 3.85. The van der Waals surface area contributed by atoms with Crippen molar-refractivity contribution in [2.45, 2.75) is 26.0 Å². The molecule has 1 aliphatic heterocycles. The Labute approximate surface area is 169 Å². The first-order valence-corrected chi connectivity index (χ1v) is 8.85. The third-order valence-corrected chi connectivity index (χ3v) is 4.46. The topological polar surface area (TPSA) is 115 Å². The standard InChI is InChI=1S/C17H14Cl2N4O5/c1-8(16(24)20-12-6-10(18)5-11(19)7-12)22-15-13(28-9(2)17(22)25)3-4-14(21-15)23(26)27/h3-9H,1-2H3,(H,20,24). The second-order valence-corrected chi connectivity index (χ2v) is 6.91. The number of hydrogen-bond donors (Lipinski definition) is 1. The minimum Gasteiger partial charge on any atom is -0.475 e. The number of hydrogen-bond acceptors (Lipinski definition) is 6. The van der Waals surface area contributed by atoms with Gasteiger partial charge in [0, 0.05) is 21.8 Å². The summed E-state index contributed by atoms with van der Waals surface area (Å²) in [7, 11) is 0. The van der Waals surface area contributed by atoms with Gasteiger partial charge in [0.05, 0.1) is 0 Å². The van der Waals surface area contributed by atoms with Crippen molar-refractivity contribution in [1.82, 2.24) is 4.98 Å². The Morgan fingerprint density at radius 3 is 2.57 bits per heavy atom. The molecule has 0 radical (unpaired) electrons. The lowest BCUT2D eigenvalue weighted by atomic mass is 10.1. The van der Waals surface area contributed by atoms with E-state index in [1.54, 1.807) is 0 Å². The molecule has 0 bridgehead atoms. The Balaban J connectivity index is 1.94. The van der Waals surface area contributed by atoms with Gasteiger partial charge in [-0.2, -0.15) is 0 Å². The summed E-state index contributed by atoms with van der Waals surface area (Å²) in [5.41, 5.74) is 0.343. The number of nitrogens with one attached hydrogen (secondary N) is 1. The lowest BCUT2D eigenvalue weighted by Gasteiger charge is -2.32. The van der Waals surface area contributed by atoms with Gasteiger partial charge in [0.1, 0.15) is 6.04 Å². The molecule has 1 aromatic heterocycles. The van der Waals surface area contributed by atoms with Crippen LogP contribution >= 0.6 is 23.2 Å². The summed E-state index contributed by atoms with van der Waals surface area (Å²) in [5.74, 6) is -1.50. The molecule has 146 valence electrons. The average molecular weight is 425 g/mol. The number of halogens is 2. The van der Waals surface area contributed by atoms with E-state index in [9.17, 15) is 19.7 Å². The molecule has 1 aliphatic rings. The number of carbonyl (C=O) groups is 2. The molecular weight excluding hydrogens is 411 g/mol. The summed E-state index contributed by atoms with van der Waals surface area (Å²) in [5, 5.41) is 14.3. The van der Waals surface area contributed by atoms with Gasteiger partial charge in [-0.1, -0.05) is 23.2 Å². The number of fused-ring (bicyclic) bond motifs is 1. The SMILES string of the molecule is CC1Oc2ccc([N+](=O)[O-])nc2N(C(C)C(=O)Nc2cc(Cl)cc(Cl)c2)C1=O. The van der Waals surface area contributed by atoms with Crippen molar-refractivity contribution < 1.29 is 19.2 Å². The number of aromatic nitrogens is 1. The van der Waals surface area contributed by atoms with Gasteiger partial charge in [0.25, 0.3) is 11.7 Å². The molecule has 28 heavy (non-hydrogen) atoms. The Morgan fingerprint density at radius 1 is 1.32 bits per heavy atom. The van der Waals surface area contributed by atoms with Crippen LogP contribution in [0.25, 0.3) is 0 Å². The summed E-state index contributed by atoms with van der Waals surface area (Å²) in [4.78, 5) is 40.7. The molecule has 0 spiro atoms. The zero-order valence-corrected chi connectivity index (χ0v) is 16.2. The largest absolute Gasteiger partial charge is 0.475 e. The first-order chi connectivity index (χ1) is 13.2. The molecule has 2 unspecified atom stereocenters. The van der Waals surface area contributed by atoms with Crippen LogP contribution in [0.3, 0.4) is 0 Å². The van der Waals surface area contributed by atoms with Crippen molar-refractivity contribution in [1.29, 1.82) is 0 Å². The maximum absolute atomic E-state index is 12.7. The van der Waals surface area contributed by atoms with Gasteiger partial charge in [0.15, 0.2) is 11.9 Å². The van der Waals surface area contributed by atoms with Crippen LogP contribution in [0.15, 0.2) is 30.3 Å². The van der Waals surface area contributed by atoms with E-state index in [4.69, 9.17) is 27.9 Å². The number of nitrogens with zero attached hydrogens (tertiary/aromatic N) is 3. The van der Waals surface area contributed by atoms with Gasteiger partial charge in [0.2, 0.25) is 5.91 Å². The van der Waals surface area contributed by atoms with Gasteiger partial charge < -0.3 is 20.2 Å². The smallest absolute Gasteiger partial charge is 0.366 e. The minimum absolute atomic E-state index is 0.0934. The quantitative estimate of drug-likeness (QED) is 0.593.